The van der Waals surface area contributed by atoms with Crippen LogP contribution in [0.4, 0.5) is 0 Å². The molecule has 0 aliphatic carbocycles. The molecule has 0 saturated carbocycles. The fraction of sp³-hybridized carbons (Fsp3) is 0.550. The molecule has 1 aromatic carbocycles. The molecule has 0 radical (unpaired) electrons. The molecule has 1 aliphatic rings. The number of thiazole rings is 1. The number of aryl methyl sites for hydroxylation is 2. The van der Waals surface area contributed by atoms with Crippen molar-refractivity contribution in [3.63, 3.8) is 0 Å². The summed E-state index contributed by atoms with van der Waals surface area (Å²) >= 11 is 1.75. The number of aromatic nitrogens is 1. The van der Waals surface area contributed by atoms with Gasteiger partial charge in [-0.3, -0.25) is 4.90 Å². The molecule has 1 fully saturated rings. The van der Waals surface area contributed by atoms with Gasteiger partial charge in [0, 0.05) is 30.5 Å². The molecule has 2 aromatic rings. The lowest BCUT2D eigenvalue weighted by Gasteiger charge is -2.29. The predicted octanol–water partition coefficient (Wildman–Crippen LogP) is 4.31. The largest absolute Gasteiger partial charge is 0.381 e. The normalized spacial score (nSPS) is 21.4. The quantitative estimate of drug-likeness (QED) is 0.713. The Kier molecular flexibility index (Phi) is 6.04. The van der Waals surface area contributed by atoms with Crippen molar-refractivity contribution in [1.29, 1.82) is 0 Å². The van der Waals surface area contributed by atoms with Gasteiger partial charge in [0.05, 0.1) is 17.3 Å². The topological polar surface area (TPSA) is 25.4 Å². The van der Waals surface area contributed by atoms with Crippen LogP contribution in [0.2, 0.25) is 0 Å². The van der Waals surface area contributed by atoms with Gasteiger partial charge in [0.2, 0.25) is 0 Å². The highest BCUT2D eigenvalue weighted by Crippen LogP contribution is 2.36. The second-order valence-corrected chi connectivity index (χ2v) is 8.00. The smallest absolute Gasteiger partial charge is 0.0897 e. The molecule has 0 N–H and O–H groups in total. The third-order valence-electron chi connectivity index (χ3n) is 4.97. The van der Waals surface area contributed by atoms with E-state index in [4.69, 9.17) is 4.74 Å². The van der Waals surface area contributed by atoms with Crippen molar-refractivity contribution in [1.82, 2.24) is 9.88 Å². The van der Waals surface area contributed by atoms with Gasteiger partial charge < -0.3 is 4.74 Å². The van der Waals surface area contributed by atoms with Gasteiger partial charge in [0.25, 0.3) is 0 Å². The molecule has 0 spiro atoms. The zero-order valence-corrected chi connectivity index (χ0v) is 15.6. The molecule has 3 nitrogen and oxygen atoms in total. The third-order valence-corrected chi connectivity index (χ3v) is 5.79. The maximum atomic E-state index is 5.87. The van der Waals surface area contributed by atoms with Gasteiger partial charge in [-0.2, -0.15) is 0 Å². The number of nitrogens with zero attached hydrogens (tertiary/aromatic N) is 2. The van der Waals surface area contributed by atoms with Gasteiger partial charge in [0.15, 0.2) is 0 Å². The highest BCUT2D eigenvalue weighted by molar-refractivity contribution is 7.09. The number of likely N-dealkylation sites (tertiary alicyclic amines) is 1. The summed E-state index contributed by atoms with van der Waals surface area (Å²) in [5, 5.41) is 3.36. The minimum Gasteiger partial charge on any atom is -0.381 e. The van der Waals surface area contributed by atoms with E-state index in [9.17, 15) is 0 Å². The molecule has 1 saturated heterocycles. The standard InChI is InChI=1S/C20H28N2OS/c1-3-23-16-20(10-9-18-7-5-4-6-8-18)11-12-22(15-20)13-19-14-24-17(2)21-19/h4-8,14H,3,9-13,15-16H2,1-2H3. The predicted molar refractivity (Wildman–Crippen MR) is 100 cm³/mol. The van der Waals surface area contributed by atoms with E-state index in [2.05, 4.69) is 59.4 Å². The van der Waals surface area contributed by atoms with Crippen LogP contribution in [-0.2, 0) is 17.7 Å². The van der Waals surface area contributed by atoms with Gasteiger partial charge in [-0.15, -0.1) is 11.3 Å². The SMILES string of the molecule is CCOCC1(CCc2ccccc2)CCN(Cc2csc(C)n2)C1. The average molecular weight is 345 g/mol. The molecule has 3 rings (SSSR count). The monoisotopic (exact) mass is 344 g/mol. The third kappa shape index (κ3) is 4.65. The van der Waals surface area contributed by atoms with Crippen molar-refractivity contribution in [2.45, 2.75) is 39.7 Å². The lowest BCUT2D eigenvalue weighted by Crippen LogP contribution is -2.32. The van der Waals surface area contributed by atoms with Gasteiger partial charge in [-0.1, -0.05) is 30.3 Å². The van der Waals surface area contributed by atoms with Crippen LogP contribution in [-0.4, -0.2) is 36.2 Å². The van der Waals surface area contributed by atoms with E-state index < -0.39 is 0 Å². The lowest BCUT2D eigenvalue weighted by atomic mass is 9.82. The van der Waals surface area contributed by atoms with Crippen molar-refractivity contribution < 1.29 is 4.74 Å². The Bertz CT molecular complexity index is 628. The first-order chi connectivity index (χ1) is 11.7. The Morgan fingerprint density at radius 2 is 2.12 bits per heavy atom. The Labute approximate surface area is 149 Å². The Morgan fingerprint density at radius 3 is 2.83 bits per heavy atom. The highest BCUT2D eigenvalue weighted by Gasteiger charge is 2.38. The summed E-state index contributed by atoms with van der Waals surface area (Å²) in [7, 11) is 0. The molecular formula is C20H28N2OS. The molecule has 2 heterocycles. The summed E-state index contributed by atoms with van der Waals surface area (Å²) in [5.74, 6) is 0. The van der Waals surface area contributed by atoms with Crippen LogP contribution in [0.15, 0.2) is 35.7 Å². The zero-order chi connectivity index (χ0) is 16.8. The Balaban J connectivity index is 1.61. The molecule has 130 valence electrons. The summed E-state index contributed by atoms with van der Waals surface area (Å²) in [6.45, 7) is 9.10. The second kappa shape index (κ2) is 8.24. The maximum Gasteiger partial charge on any atom is 0.0897 e. The maximum absolute atomic E-state index is 5.87. The number of hydrogen-bond acceptors (Lipinski definition) is 4. The summed E-state index contributed by atoms with van der Waals surface area (Å²) in [6.07, 6.45) is 3.56. The fourth-order valence-corrected chi connectivity index (χ4v) is 4.24. The highest BCUT2D eigenvalue weighted by atomic mass is 32.1. The van der Waals surface area contributed by atoms with Crippen molar-refractivity contribution >= 4 is 11.3 Å². The first-order valence-electron chi connectivity index (χ1n) is 8.94. The Hall–Kier alpha value is -1.23. The first-order valence-corrected chi connectivity index (χ1v) is 9.82. The van der Waals surface area contributed by atoms with Crippen LogP contribution in [0.3, 0.4) is 0 Å². The molecule has 1 atom stereocenters. The number of hydrogen-bond donors (Lipinski definition) is 0. The molecule has 0 bridgehead atoms. The summed E-state index contributed by atoms with van der Waals surface area (Å²) in [4.78, 5) is 7.18. The van der Waals surface area contributed by atoms with Gasteiger partial charge >= 0.3 is 0 Å². The first kappa shape index (κ1) is 17.6. The van der Waals surface area contributed by atoms with E-state index in [1.807, 2.05) is 0 Å². The van der Waals surface area contributed by atoms with Crippen LogP contribution in [0.1, 0.15) is 36.0 Å². The van der Waals surface area contributed by atoms with Crippen LogP contribution in [0.25, 0.3) is 0 Å². The van der Waals surface area contributed by atoms with Gasteiger partial charge in [-0.05, 0) is 45.2 Å². The molecule has 0 amide bonds. The van der Waals surface area contributed by atoms with E-state index in [1.54, 1.807) is 11.3 Å². The summed E-state index contributed by atoms with van der Waals surface area (Å²) in [6, 6.07) is 10.8. The fourth-order valence-electron chi connectivity index (χ4n) is 3.64. The molecule has 24 heavy (non-hydrogen) atoms. The van der Waals surface area contributed by atoms with E-state index in [1.165, 1.54) is 24.1 Å². The lowest BCUT2D eigenvalue weighted by molar-refractivity contribution is 0.0489. The van der Waals surface area contributed by atoms with E-state index in [0.717, 1.165) is 44.3 Å². The van der Waals surface area contributed by atoms with E-state index >= 15 is 0 Å². The average Bonchev–Trinajstić information content (AvgIpc) is 3.19. The molecule has 1 aliphatic heterocycles. The van der Waals surface area contributed by atoms with E-state index in [-0.39, 0.29) is 5.41 Å². The molecule has 1 aromatic heterocycles. The molecule has 1 unspecified atom stereocenters. The van der Waals surface area contributed by atoms with Crippen LogP contribution < -0.4 is 0 Å². The number of benzene rings is 1. The van der Waals surface area contributed by atoms with Crippen molar-refractivity contribution in [2.24, 2.45) is 5.41 Å². The molecule has 4 heteroatoms. The van der Waals surface area contributed by atoms with Crippen LogP contribution in [0.5, 0.6) is 0 Å². The van der Waals surface area contributed by atoms with Gasteiger partial charge in [0.1, 0.15) is 0 Å². The molecular weight excluding hydrogens is 316 g/mol. The van der Waals surface area contributed by atoms with Gasteiger partial charge in [-0.25, -0.2) is 4.98 Å². The number of rotatable bonds is 8. The van der Waals surface area contributed by atoms with E-state index in [0.29, 0.717) is 0 Å². The van der Waals surface area contributed by atoms with Crippen molar-refractivity contribution in [2.75, 3.05) is 26.3 Å². The minimum atomic E-state index is 0.289. The Morgan fingerprint density at radius 1 is 1.29 bits per heavy atom. The summed E-state index contributed by atoms with van der Waals surface area (Å²) in [5.41, 5.74) is 2.94. The second-order valence-electron chi connectivity index (χ2n) is 6.94. The van der Waals surface area contributed by atoms with Crippen molar-refractivity contribution in [3.8, 4) is 0 Å². The zero-order valence-electron chi connectivity index (χ0n) is 14.8. The minimum absolute atomic E-state index is 0.289. The number of ether oxygens (including phenoxy) is 1. The summed E-state index contributed by atoms with van der Waals surface area (Å²) < 4.78 is 5.87. The van der Waals surface area contributed by atoms with Crippen LogP contribution in [0, 0.1) is 12.3 Å². The van der Waals surface area contributed by atoms with Crippen molar-refractivity contribution in [3.05, 3.63) is 52.0 Å². The van der Waals surface area contributed by atoms with Crippen LogP contribution >= 0.6 is 11.3 Å².